The Hall–Kier alpha value is -0.346. The van der Waals surface area contributed by atoms with Gasteiger partial charge < -0.3 is 4.74 Å². The summed E-state index contributed by atoms with van der Waals surface area (Å²) in [7, 11) is 0. The van der Waals surface area contributed by atoms with Gasteiger partial charge in [-0.3, -0.25) is 4.79 Å². The molecule has 0 amide bonds. The van der Waals surface area contributed by atoms with Gasteiger partial charge in [0.15, 0.2) is 0 Å². The molecule has 1 aliphatic rings. The van der Waals surface area contributed by atoms with Crippen molar-refractivity contribution in [3.05, 3.63) is 29.8 Å². The summed E-state index contributed by atoms with van der Waals surface area (Å²) in [4.78, 5) is 11.7. The predicted molar refractivity (Wildman–Crippen MR) is 57.4 cm³/mol. The molecule has 1 radical (unpaired) electrons. The van der Waals surface area contributed by atoms with Gasteiger partial charge in [-0.25, -0.2) is 8.78 Å². The van der Waals surface area contributed by atoms with E-state index in [4.69, 9.17) is 4.74 Å². The average Bonchev–Trinajstić information content (AvgIpc) is 2.28. The van der Waals surface area contributed by atoms with Crippen LogP contribution in [0.4, 0.5) is 8.78 Å². The van der Waals surface area contributed by atoms with Crippen LogP contribution in [0.2, 0.25) is 0 Å². The minimum Gasteiger partial charge on any atom is -0.453 e. The van der Waals surface area contributed by atoms with Crippen molar-refractivity contribution in [3.8, 4) is 5.75 Å². The molecular formula is C13H13F2O2Y-. The van der Waals surface area contributed by atoms with E-state index in [0.717, 1.165) is 44.2 Å². The first-order valence-corrected chi connectivity index (χ1v) is 5.75. The van der Waals surface area contributed by atoms with Gasteiger partial charge >= 0.3 is 5.97 Å². The summed E-state index contributed by atoms with van der Waals surface area (Å²) < 4.78 is 30.6. The Bertz CT molecular complexity index is 397. The molecule has 0 heterocycles. The SMILES string of the molecule is O=C(Oc1cc(F)[c-]c(F)c1)C1CCCCC1.[Y]. The fourth-order valence-corrected chi connectivity index (χ4v) is 2.07. The number of hydrogen-bond acceptors (Lipinski definition) is 2. The van der Waals surface area contributed by atoms with E-state index in [9.17, 15) is 13.6 Å². The van der Waals surface area contributed by atoms with E-state index in [0.29, 0.717) is 0 Å². The fraction of sp³-hybridized carbons (Fsp3) is 0.462. The van der Waals surface area contributed by atoms with E-state index >= 15 is 0 Å². The van der Waals surface area contributed by atoms with E-state index in [2.05, 4.69) is 0 Å². The number of esters is 1. The van der Waals surface area contributed by atoms with Crippen molar-refractivity contribution in [2.24, 2.45) is 5.92 Å². The first-order chi connectivity index (χ1) is 8.15. The van der Waals surface area contributed by atoms with Crippen molar-refractivity contribution in [2.75, 3.05) is 0 Å². The van der Waals surface area contributed by atoms with Gasteiger partial charge in [-0.15, -0.1) is 6.07 Å². The molecule has 1 saturated carbocycles. The molecule has 0 saturated heterocycles. The molecule has 1 fully saturated rings. The molecule has 1 aromatic rings. The Morgan fingerprint density at radius 3 is 2.28 bits per heavy atom. The van der Waals surface area contributed by atoms with E-state index in [1.54, 1.807) is 0 Å². The summed E-state index contributed by atoms with van der Waals surface area (Å²) in [5, 5.41) is 0. The zero-order chi connectivity index (χ0) is 12.3. The molecular weight excluding hydrogens is 315 g/mol. The molecule has 2 rings (SSSR count). The van der Waals surface area contributed by atoms with Crippen LogP contribution in [0, 0.1) is 23.6 Å². The van der Waals surface area contributed by atoms with Crippen LogP contribution in [0.1, 0.15) is 32.1 Å². The minimum absolute atomic E-state index is 0. The van der Waals surface area contributed by atoms with Crippen LogP contribution in [0.5, 0.6) is 5.75 Å². The summed E-state index contributed by atoms with van der Waals surface area (Å²) in [6, 6.07) is 3.76. The van der Waals surface area contributed by atoms with Crippen LogP contribution < -0.4 is 4.74 Å². The number of ether oxygens (including phenoxy) is 1. The molecule has 95 valence electrons. The summed E-state index contributed by atoms with van der Waals surface area (Å²) in [6.07, 6.45) is 4.73. The number of benzene rings is 1. The van der Waals surface area contributed by atoms with Crippen molar-refractivity contribution >= 4 is 5.97 Å². The third-order valence-corrected chi connectivity index (χ3v) is 2.93. The quantitative estimate of drug-likeness (QED) is 0.473. The van der Waals surface area contributed by atoms with Gasteiger partial charge in [0.2, 0.25) is 0 Å². The van der Waals surface area contributed by atoms with Crippen molar-refractivity contribution in [1.29, 1.82) is 0 Å². The van der Waals surface area contributed by atoms with Crippen LogP contribution in [-0.4, -0.2) is 5.97 Å². The van der Waals surface area contributed by atoms with Crippen molar-refractivity contribution in [2.45, 2.75) is 32.1 Å². The second-order valence-electron chi connectivity index (χ2n) is 4.27. The zero-order valence-electron chi connectivity index (χ0n) is 9.92. The van der Waals surface area contributed by atoms with Crippen LogP contribution >= 0.6 is 0 Å². The van der Waals surface area contributed by atoms with E-state index in [-0.39, 0.29) is 44.4 Å². The van der Waals surface area contributed by atoms with Crippen LogP contribution in [0.15, 0.2) is 12.1 Å². The van der Waals surface area contributed by atoms with Crippen LogP contribution in [0.25, 0.3) is 0 Å². The summed E-state index contributed by atoms with van der Waals surface area (Å²) in [5.41, 5.74) is 0. The van der Waals surface area contributed by atoms with Crippen molar-refractivity contribution in [3.63, 3.8) is 0 Å². The molecule has 0 unspecified atom stereocenters. The Labute approximate surface area is 130 Å². The molecule has 2 nitrogen and oxygen atoms in total. The molecule has 0 N–H and O–H groups in total. The maximum Gasteiger partial charge on any atom is 0.312 e. The largest absolute Gasteiger partial charge is 0.453 e. The molecule has 0 aliphatic heterocycles. The summed E-state index contributed by atoms with van der Waals surface area (Å²) in [6.45, 7) is 0. The summed E-state index contributed by atoms with van der Waals surface area (Å²) in [5.74, 6) is -2.35. The number of carbonyl (C=O) groups is 1. The molecule has 18 heavy (non-hydrogen) atoms. The second-order valence-corrected chi connectivity index (χ2v) is 4.27. The molecule has 1 aromatic carbocycles. The fourth-order valence-electron chi connectivity index (χ4n) is 2.07. The third kappa shape index (κ3) is 4.40. The van der Waals surface area contributed by atoms with Crippen molar-refractivity contribution < 1.29 is 51.0 Å². The molecule has 0 bridgehead atoms. The second kappa shape index (κ2) is 7.29. The van der Waals surface area contributed by atoms with Gasteiger partial charge in [0.1, 0.15) is 0 Å². The van der Waals surface area contributed by atoms with Gasteiger partial charge in [-0.2, -0.15) is 0 Å². The van der Waals surface area contributed by atoms with Crippen molar-refractivity contribution in [1.82, 2.24) is 0 Å². The smallest absolute Gasteiger partial charge is 0.312 e. The van der Waals surface area contributed by atoms with E-state index in [1.807, 2.05) is 6.07 Å². The maximum absolute atomic E-state index is 12.8. The topological polar surface area (TPSA) is 26.3 Å². The monoisotopic (exact) mass is 328 g/mol. The normalized spacial score (nSPS) is 15.9. The van der Waals surface area contributed by atoms with Crippen LogP contribution in [0.3, 0.4) is 0 Å². The Morgan fingerprint density at radius 1 is 1.17 bits per heavy atom. The molecule has 0 aromatic heterocycles. The third-order valence-electron chi connectivity index (χ3n) is 2.93. The van der Waals surface area contributed by atoms with Gasteiger partial charge in [-0.1, -0.05) is 31.4 Å². The Kier molecular flexibility index (Phi) is 6.37. The van der Waals surface area contributed by atoms with Gasteiger partial charge in [0, 0.05) is 50.1 Å². The number of carbonyl (C=O) groups excluding carboxylic acids is 1. The van der Waals surface area contributed by atoms with E-state index in [1.165, 1.54) is 0 Å². The first-order valence-electron chi connectivity index (χ1n) is 5.75. The van der Waals surface area contributed by atoms with Gasteiger partial charge in [-0.05, 0) is 12.8 Å². The number of hydrogen-bond donors (Lipinski definition) is 0. The predicted octanol–water partition coefficient (Wildman–Crippen LogP) is 3.25. The summed E-state index contributed by atoms with van der Waals surface area (Å²) >= 11 is 0. The average molecular weight is 328 g/mol. The molecule has 0 atom stereocenters. The number of rotatable bonds is 2. The zero-order valence-corrected chi connectivity index (χ0v) is 12.8. The first kappa shape index (κ1) is 15.7. The number of halogens is 2. The standard InChI is InChI=1S/C13H13F2O2.Y/c14-10-6-11(15)8-12(7-10)17-13(16)9-4-2-1-3-5-9;/h7-9H,1-5H2;/q-1;. The Morgan fingerprint density at radius 2 is 1.72 bits per heavy atom. The molecule has 0 spiro atoms. The van der Waals surface area contributed by atoms with Crippen LogP contribution in [-0.2, 0) is 37.5 Å². The minimum atomic E-state index is -0.864. The van der Waals surface area contributed by atoms with E-state index < -0.39 is 17.6 Å². The molecule has 1 aliphatic carbocycles. The Balaban J connectivity index is 0.00000162. The van der Waals surface area contributed by atoms with Gasteiger partial charge in [0.05, 0.1) is 5.92 Å². The molecule has 5 heteroatoms. The van der Waals surface area contributed by atoms with Gasteiger partial charge in [0.25, 0.3) is 0 Å². The maximum atomic E-state index is 12.8.